The summed E-state index contributed by atoms with van der Waals surface area (Å²) in [7, 11) is 0. The summed E-state index contributed by atoms with van der Waals surface area (Å²) in [5.74, 6) is 1.22. The molecule has 1 aromatic carbocycles. The van der Waals surface area contributed by atoms with Crippen molar-refractivity contribution in [2.45, 2.75) is 77.2 Å². The summed E-state index contributed by atoms with van der Waals surface area (Å²) < 4.78 is 0. The van der Waals surface area contributed by atoms with Crippen molar-refractivity contribution in [2.75, 3.05) is 0 Å². The van der Waals surface area contributed by atoms with Crippen molar-refractivity contribution in [1.29, 1.82) is 0 Å². The first-order valence-electron chi connectivity index (χ1n) is 8.91. The van der Waals surface area contributed by atoms with Gasteiger partial charge >= 0.3 is 0 Å². The maximum absolute atomic E-state index is 11.7. The molecule has 2 aliphatic rings. The number of rotatable bonds is 2. The van der Waals surface area contributed by atoms with Gasteiger partial charge in [0.05, 0.1) is 5.60 Å². The van der Waals surface area contributed by atoms with Gasteiger partial charge in [-0.25, -0.2) is 0 Å². The lowest BCUT2D eigenvalue weighted by atomic mass is 9.62. The molecule has 0 aromatic heterocycles. The SMILES string of the molecule is Cc1ccc(C)c(C2(O)CCCCC2C2CCCCC2)c1. The second kappa shape index (κ2) is 6.12. The second-order valence-corrected chi connectivity index (χ2v) is 7.49. The van der Waals surface area contributed by atoms with Gasteiger partial charge in [-0.1, -0.05) is 68.7 Å². The van der Waals surface area contributed by atoms with E-state index in [1.165, 1.54) is 68.1 Å². The van der Waals surface area contributed by atoms with E-state index >= 15 is 0 Å². The Morgan fingerprint density at radius 2 is 1.67 bits per heavy atom. The standard InChI is InChI=1S/C20H30O/c1-15-11-12-16(2)19(14-15)20(21)13-7-6-10-18(20)17-8-4-3-5-9-17/h11-12,14,17-18,21H,3-10,13H2,1-2H3. The predicted molar refractivity (Wildman–Crippen MR) is 88.3 cm³/mol. The second-order valence-electron chi connectivity index (χ2n) is 7.49. The molecule has 1 aromatic rings. The molecule has 0 spiro atoms. The molecule has 2 atom stereocenters. The lowest BCUT2D eigenvalue weighted by Crippen LogP contribution is -2.43. The maximum Gasteiger partial charge on any atom is 0.0929 e. The zero-order valence-electron chi connectivity index (χ0n) is 13.7. The number of hydrogen-bond donors (Lipinski definition) is 1. The zero-order valence-corrected chi connectivity index (χ0v) is 13.7. The van der Waals surface area contributed by atoms with Gasteiger partial charge in [0.1, 0.15) is 0 Å². The lowest BCUT2D eigenvalue weighted by Gasteiger charge is -2.46. The van der Waals surface area contributed by atoms with E-state index in [-0.39, 0.29) is 0 Å². The summed E-state index contributed by atoms with van der Waals surface area (Å²) in [5.41, 5.74) is 3.19. The van der Waals surface area contributed by atoms with Gasteiger partial charge in [0.2, 0.25) is 0 Å². The summed E-state index contributed by atoms with van der Waals surface area (Å²) >= 11 is 0. The van der Waals surface area contributed by atoms with E-state index in [0.717, 1.165) is 12.3 Å². The Labute approximate surface area is 129 Å². The van der Waals surface area contributed by atoms with Crippen LogP contribution in [0.4, 0.5) is 0 Å². The fraction of sp³-hybridized carbons (Fsp3) is 0.700. The molecule has 116 valence electrons. The Bertz CT molecular complexity index is 487. The number of aliphatic hydroxyl groups is 1. The highest BCUT2D eigenvalue weighted by atomic mass is 16.3. The Kier molecular flexibility index (Phi) is 4.40. The molecule has 1 nitrogen and oxygen atoms in total. The summed E-state index contributed by atoms with van der Waals surface area (Å²) in [6.07, 6.45) is 11.4. The van der Waals surface area contributed by atoms with Crippen LogP contribution in [0, 0.1) is 25.7 Å². The van der Waals surface area contributed by atoms with Gasteiger partial charge in [0, 0.05) is 0 Å². The fourth-order valence-corrected chi connectivity index (χ4v) is 4.88. The van der Waals surface area contributed by atoms with E-state index in [1.54, 1.807) is 0 Å². The van der Waals surface area contributed by atoms with Gasteiger partial charge in [-0.05, 0) is 49.7 Å². The van der Waals surface area contributed by atoms with E-state index in [2.05, 4.69) is 32.0 Å². The Morgan fingerprint density at radius 3 is 2.43 bits per heavy atom. The molecular formula is C20H30O. The molecule has 1 N–H and O–H groups in total. The molecule has 2 saturated carbocycles. The third-order valence-corrected chi connectivity index (χ3v) is 6.01. The van der Waals surface area contributed by atoms with E-state index in [1.807, 2.05) is 0 Å². The van der Waals surface area contributed by atoms with Gasteiger partial charge in [-0.3, -0.25) is 0 Å². The third-order valence-electron chi connectivity index (χ3n) is 6.01. The molecule has 3 rings (SSSR count). The first kappa shape index (κ1) is 15.1. The van der Waals surface area contributed by atoms with Crippen LogP contribution in [0.25, 0.3) is 0 Å². The monoisotopic (exact) mass is 286 g/mol. The van der Waals surface area contributed by atoms with Crippen molar-refractivity contribution in [1.82, 2.24) is 0 Å². The van der Waals surface area contributed by atoms with Crippen LogP contribution in [0.5, 0.6) is 0 Å². The van der Waals surface area contributed by atoms with Gasteiger partial charge < -0.3 is 5.11 Å². The van der Waals surface area contributed by atoms with Gasteiger partial charge in [-0.15, -0.1) is 0 Å². The van der Waals surface area contributed by atoms with Crippen LogP contribution < -0.4 is 0 Å². The van der Waals surface area contributed by atoms with Gasteiger partial charge in [0.15, 0.2) is 0 Å². The fourth-order valence-electron chi connectivity index (χ4n) is 4.88. The molecule has 2 fully saturated rings. The highest BCUT2D eigenvalue weighted by molar-refractivity contribution is 5.36. The smallest absolute Gasteiger partial charge is 0.0929 e. The Hall–Kier alpha value is -0.820. The minimum absolute atomic E-state index is 0.479. The van der Waals surface area contributed by atoms with Crippen LogP contribution in [0.15, 0.2) is 18.2 Å². The number of aryl methyl sites for hydroxylation is 2. The molecule has 0 amide bonds. The van der Waals surface area contributed by atoms with E-state index in [9.17, 15) is 5.11 Å². The molecule has 0 aliphatic heterocycles. The quantitative estimate of drug-likeness (QED) is 0.786. The van der Waals surface area contributed by atoms with E-state index < -0.39 is 5.60 Å². The first-order valence-corrected chi connectivity index (χ1v) is 8.91. The van der Waals surface area contributed by atoms with Gasteiger partial charge in [0.25, 0.3) is 0 Å². The van der Waals surface area contributed by atoms with Crippen LogP contribution in [0.2, 0.25) is 0 Å². The lowest BCUT2D eigenvalue weighted by molar-refractivity contribution is -0.0839. The molecule has 2 aliphatic carbocycles. The Balaban J connectivity index is 1.96. The number of benzene rings is 1. The molecule has 0 saturated heterocycles. The zero-order chi connectivity index (χ0) is 14.9. The minimum atomic E-state index is -0.573. The van der Waals surface area contributed by atoms with Crippen molar-refractivity contribution in [3.8, 4) is 0 Å². The summed E-state index contributed by atoms with van der Waals surface area (Å²) in [4.78, 5) is 0. The topological polar surface area (TPSA) is 20.2 Å². The van der Waals surface area contributed by atoms with Crippen molar-refractivity contribution in [3.05, 3.63) is 34.9 Å². The molecule has 0 radical (unpaired) electrons. The van der Waals surface area contributed by atoms with Crippen molar-refractivity contribution < 1.29 is 5.11 Å². The highest BCUT2D eigenvalue weighted by Crippen LogP contribution is 2.49. The van der Waals surface area contributed by atoms with Crippen molar-refractivity contribution in [3.63, 3.8) is 0 Å². The van der Waals surface area contributed by atoms with Crippen LogP contribution in [-0.2, 0) is 5.60 Å². The Morgan fingerprint density at radius 1 is 0.952 bits per heavy atom. The van der Waals surface area contributed by atoms with Crippen molar-refractivity contribution in [2.24, 2.45) is 11.8 Å². The number of hydrogen-bond acceptors (Lipinski definition) is 1. The molecule has 1 heteroatoms. The van der Waals surface area contributed by atoms with E-state index in [0.29, 0.717) is 5.92 Å². The van der Waals surface area contributed by atoms with Crippen LogP contribution in [0.3, 0.4) is 0 Å². The van der Waals surface area contributed by atoms with Crippen molar-refractivity contribution >= 4 is 0 Å². The molecule has 0 heterocycles. The first-order chi connectivity index (χ1) is 10.1. The molecule has 2 unspecified atom stereocenters. The maximum atomic E-state index is 11.7. The molecular weight excluding hydrogens is 256 g/mol. The average Bonchev–Trinajstić information content (AvgIpc) is 2.51. The normalized spacial score (nSPS) is 31.3. The van der Waals surface area contributed by atoms with Gasteiger partial charge in [-0.2, -0.15) is 0 Å². The third kappa shape index (κ3) is 2.90. The summed E-state index contributed by atoms with van der Waals surface area (Å²) in [6.45, 7) is 4.31. The molecule has 0 bridgehead atoms. The van der Waals surface area contributed by atoms with Crippen LogP contribution in [-0.4, -0.2) is 5.11 Å². The van der Waals surface area contributed by atoms with Crippen LogP contribution in [0.1, 0.15) is 74.5 Å². The predicted octanol–water partition coefficient (Wildman–Crippen LogP) is 5.26. The largest absolute Gasteiger partial charge is 0.385 e. The van der Waals surface area contributed by atoms with Crippen LogP contribution >= 0.6 is 0 Å². The molecule has 21 heavy (non-hydrogen) atoms. The highest BCUT2D eigenvalue weighted by Gasteiger charge is 2.44. The summed E-state index contributed by atoms with van der Waals surface area (Å²) in [5, 5.41) is 11.7. The average molecular weight is 286 g/mol. The van der Waals surface area contributed by atoms with E-state index in [4.69, 9.17) is 0 Å². The summed E-state index contributed by atoms with van der Waals surface area (Å²) in [6, 6.07) is 6.60. The minimum Gasteiger partial charge on any atom is -0.385 e.